The molecule has 4 nitrogen and oxygen atoms in total. The number of hydrogen-bond acceptors (Lipinski definition) is 4. The van der Waals surface area contributed by atoms with Gasteiger partial charge in [-0.2, -0.15) is 0 Å². The van der Waals surface area contributed by atoms with Gasteiger partial charge >= 0.3 is 0 Å². The lowest BCUT2D eigenvalue weighted by Gasteiger charge is -2.16. The lowest BCUT2D eigenvalue weighted by molar-refractivity contribution is 0.0663. The lowest BCUT2D eigenvalue weighted by atomic mass is 10.1. The Balaban J connectivity index is 2.99. The summed E-state index contributed by atoms with van der Waals surface area (Å²) in [5, 5.41) is 12.7. The predicted molar refractivity (Wildman–Crippen MR) is 61.1 cm³/mol. The van der Waals surface area contributed by atoms with Gasteiger partial charge in [0.05, 0.1) is 18.8 Å². The molecule has 0 aromatic carbocycles. The van der Waals surface area contributed by atoms with Crippen molar-refractivity contribution < 1.29 is 14.6 Å². The van der Waals surface area contributed by atoms with Crippen LogP contribution in [0, 0.1) is 0 Å². The average molecular weight is 219 g/mol. The zero-order chi connectivity index (χ0) is 11.6. The van der Waals surface area contributed by atoms with E-state index in [1.54, 1.807) is 7.11 Å². The number of hydrogen-bond donors (Lipinski definition) is 2. The molecule has 0 aliphatic rings. The molecule has 0 aromatic heterocycles. The van der Waals surface area contributed by atoms with Gasteiger partial charge < -0.3 is 19.9 Å². The molecular weight excluding hydrogens is 194 g/mol. The molecule has 0 saturated heterocycles. The fourth-order valence-electron chi connectivity index (χ4n) is 1.06. The van der Waals surface area contributed by atoms with Gasteiger partial charge in [0.2, 0.25) is 0 Å². The van der Waals surface area contributed by atoms with E-state index in [1.165, 1.54) is 0 Å². The van der Waals surface area contributed by atoms with E-state index in [2.05, 4.69) is 5.32 Å². The first kappa shape index (κ1) is 14.8. The highest BCUT2D eigenvalue weighted by Gasteiger charge is 2.10. The molecule has 15 heavy (non-hydrogen) atoms. The molecule has 0 saturated carbocycles. The Morgan fingerprint density at radius 3 is 2.47 bits per heavy atom. The van der Waals surface area contributed by atoms with E-state index >= 15 is 0 Å². The van der Waals surface area contributed by atoms with Gasteiger partial charge in [-0.15, -0.1) is 0 Å². The first-order chi connectivity index (χ1) is 7.06. The van der Waals surface area contributed by atoms with Crippen LogP contribution in [0.5, 0.6) is 0 Å². The van der Waals surface area contributed by atoms with E-state index in [9.17, 15) is 5.11 Å². The monoisotopic (exact) mass is 219 g/mol. The van der Waals surface area contributed by atoms with Crippen LogP contribution < -0.4 is 5.32 Å². The Morgan fingerprint density at radius 2 is 1.87 bits per heavy atom. The smallest absolute Gasteiger partial charge is 0.0700 e. The van der Waals surface area contributed by atoms with E-state index in [1.807, 2.05) is 13.8 Å². The summed E-state index contributed by atoms with van der Waals surface area (Å²) in [6.07, 6.45) is 1.77. The van der Waals surface area contributed by atoms with Crippen LogP contribution in [0.4, 0.5) is 0 Å². The zero-order valence-corrected chi connectivity index (χ0v) is 10.2. The fourth-order valence-corrected chi connectivity index (χ4v) is 1.06. The van der Waals surface area contributed by atoms with Gasteiger partial charge in [0.25, 0.3) is 0 Å². The first-order valence-electron chi connectivity index (χ1n) is 5.56. The Hall–Kier alpha value is -0.160. The van der Waals surface area contributed by atoms with E-state index < -0.39 is 5.60 Å². The molecule has 0 fully saturated rings. The van der Waals surface area contributed by atoms with Crippen LogP contribution in [-0.2, 0) is 9.47 Å². The van der Waals surface area contributed by atoms with Crippen molar-refractivity contribution in [3.63, 3.8) is 0 Å². The van der Waals surface area contributed by atoms with Crippen LogP contribution in [0.1, 0.15) is 26.7 Å². The number of nitrogens with one attached hydrogen (secondary N) is 1. The Labute approximate surface area is 93.0 Å². The van der Waals surface area contributed by atoms with Gasteiger partial charge in [-0.1, -0.05) is 0 Å². The fraction of sp³-hybridized carbons (Fsp3) is 1.00. The first-order valence-corrected chi connectivity index (χ1v) is 5.56. The van der Waals surface area contributed by atoms with Crippen LogP contribution >= 0.6 is 0 Å². The molecule has 0 rings (SSSR count). The maximum atomic E-state index is 9.44. The molecule has 0 radical (unpaired) electrons. The van der Waals surface area contributed by atoms with Crippen LogP contribution in [0.25, 0.3) is 0 Å². The molecule has 0 aliphatic carbocycles. The minimum absolute atomic E-state index is 0.567. The highest BCUT2D eigenvalue weighted by atomic mass is 16.5. The molecule has 0 aromatic rings. The third-order valence-electron chi connectivity index (χ3n) is 1.99. The van der Waals surface area contributed by atoms with E-state index in [4.69, 9.17) is 9.47 Å². The average Bonchev–Trinajstić information content (AvgIpc) is 2.14. The van der Waals surface area contributed by atoms with Gasteiger partial charge in [-0.25, -0.2) is 0 Å². The second-order valence-electron chi connectivity index (χ2n) is 4.27. The highest BCUT2D eigenvalue weighted by molar-refractivity contribution is 4.66. The molecule has 0 spiro atoms. The second kappa shape index (κ2) is 9.09. The van der Waals surface area contributed by atoms with Crippen LogP contribution in [0.2, 0.25) is 0 Å². The quantitative estimate of drug-likeness (QED) is 0.533. The maximum absolute atomic E-state index is 9.44. The molecule has 0 bridgehead atoms. The molecule has 2 N–H and O–H groups in total. The summed E-state index contributed by atoms with van der Waals surface area (Å²) in [5.41, 5.74) is -0.567. The van der Waals surface area contributed by atoms with Crippen LogP contribution in [0.15, 0.2) is 0 Å². The molecular formula is C11H25NO3. The summed E-state index contributed by atoms with van der Waals surface area (Å²) in [5.74, 6) is 0. The van der Waals surface area contributed by atoms with E-state index in [-0.39, 0.29) is 0 Å². The van der Waals surface area contributed by atoms with Gasteiger partial charge in [-0.3, -0.25) is 0 Å². The summed E-state index contributed by atoms with van der Waals surface area (Å²) in [6.45, 7) is 7.51. The predicted octanol–water partition coefficient (Wildman–Crippen LogP) is 0.790. The Bertz CT molecular complexity index is 134. The van der Waals surface area contributed by atoms with Crippen molar-refractivity contribution in [1.29, 1.82) is 0 Å². The van der Waals surface area contributed by atoms with Crippen molar-refractivity contribution in [2.24, 2.45) is 0 Å². The third-order valence-corrected chi connectivity index (χ3v) is 1.99. The summed E-state index contributed by atoms with van der Waals surface area (Å²) >= 11 is 0. The van der Waals surface area contributed by atoms with E-state index in [0.717, 1.165) is 32.5 Å². The van der Waals surface area contributed by atoms with Gasteiger partial charge in [0, 0.05) is 13.7 Å². The zero-order valence-electron chi connectivity index (χ0n) is 10.2. The minimum atomic E-state index is -0.567. The van der Waals surface area contributed by atoms with Crippen LogP contribution in [-0.4, -0.2) is 50.7 Å². The topological polar surface area (TPSA) is 50.7 Å². The second-order valence-corrected chi connectivity index (χ2v) is 4.27. The lowest BCUT2D eigenvalue weighted by Crippen LogP contribution is -2.27. The standard InChI is InChI=1S/C11H25NO3/c1-11(2,13)5-7-12-6-4-8-15-10-9-14-3/h12-13H,4-10H2,1-3H3. The van der Waals surface area contributed by atoms with Crippen molar-refractivity contribution in [3.05, 3.63) is 0 Å². The van der Waals surface area contributed by atoms with Crippen molar-refractivity contribution in [1.82, 2.24) is 5.32 Å². The molecule has 92 valence electrons. The van der Waals surface area contributed by atoms with Crippen molar-refractivity contribution in [3.8, 4) is 0 Å². The molecule has 0 amide bonds. The van der Waals surface area contributed by atoms with Gasteiger partial charge in [0.1, 0.15) is 0 Å². The summed E-state index contributed by atoms with van der Waals surface area (Å²) in [4.78, 5) is 0. The Morgan fingerprint density at radius 1 is 1.13 bits per heavy atom. The molecule has 4 heteroatoms. The number of rotatable bonds is 10. The molecule has 0 heterocycles. The molecule has 0 aliphatic heterocycles. The number of aliphatic hydroxyl groups is 1. The summed E-state index contributed by atoms with van der Waals surface area (Å²) in [7, 11) is 1.67. The number of ether oxygens (including phenoxy) is 2. The normalized spacial score (nSPS) is 12.0. The maximum Gasteiger partial charge on any atom is 0.0700 e. The third kappa shape index (κ3) is 13.8. The Kier molecular flexibility index (Phi) is 9.00. The van der Waals surface area contributed by atoms with Gasteiger partial charge in [0.15, 0.2) is 0 Å². The van der Waals surface area contributed by atoms with Crippen molar-refractivity contribution in [2.45, 2.75) is 32.3 Å². The SMILES string of the molecule is COCCOCCCNCCC(C)(C)O. The number of methoxy groups -OCH3 is 1. The summed E-state index contributed by atoms with van der Waals surface area (Å²) in [6, 6.07) is 0. The van der Waals surface area contributed by atoms with Crippen LogP contribution in [0.3, 0.4) is 0 Å². The molecule has 0 unspecified atom stereocenters. The van der Waals surface area contributed by atoms with Gasteiger partial charge in [-0.05, 0) is 39.8 Å². The molecule has 0 atom stereocenters. The van der Waals surface area contributed by atoms with Crippen molar-refractivity contribution in [2.75, 3.05) is 40.0 Å². The largest absolute Gasteiger partial charge is 0.390 e. The highest BCUT2D eigenvalue weighted by Crippen LogP contribution is 2.04. The minimum Gasteiger partial charge on any atom is -0.390 e. The summed E-state index contributed by atoms with van der Waals surface area (Å²) < 4.78 is 10.2. The van der Waals surface area contributed by atoms with E-state index in [0.29, 0.717) is 13.2 Å². The van der Waals surface area contributed by atoms with Crippen molar-refractivity contribution >= 4 is 0 Å².